The molecule has 220 valence electrons. The molecule has 2 atom stereocenters. The third-order valence-electron chi connectivity index (χ3n) is 10.3. The van der Waals surface area contributed by atoms with Gasteiger partial charge >= 0.3 is 0 Å². The monoisotopic (exact) mass is 565 g/mol. The van der Waals surface area contributed by atoms with Crippen LogP contribution < -0.4 is 10.1 Å². The van der Waals surface area contributed by atoms with Gasteiger partial charge in [-0.05, 0) is 116 Å². The molecule has 1 heterocycles. The molecule has 5 aliphatic rings. The lowest BCUT2D eigenvalue weighted by molar-refractivity contribution is -0.130. The summed E-state index contributed by atoms with van der Waals surface area (Å²) in [4.78, 5) is 15.3. The molecule has 0 spiro atoms. The maximum absolute atomic E-state index is 13.4. The van der Waals surface area contributed by atoms with Crippen molar-refractivity contribution in [1.82, 2.24) is 4.90 Å². The Balaban J connectivity index is 1.36. The zero-order valence-electron chi connectivity index (χ0n) is 25.0. The van der Waals surface area contributed by atoms with Crippen LogP contribution in [0.1, 0.15) is 93.0 Å². The van der Waals surface area contributed by atoms with Gasteiger partial charge in [-0.25, -0.2) is 0 Å². The fourth-order valence-corrected chi connectivity index (χ4v) is 8.93. The standard InChI is InChI=1S/C36H43N3O3/c1-4-6-7-30-18-28-19-31(42-13-12-41-3)9-10-32(28)35(39(30)34(40)5-2)27-8-11-33(29(17-27)23-37)38-36-20-24-14-25(21-36)16-26(15-24)22-36/h2,8-11,17,19,24-26,30,35,38H,4,6-7,12-16,18,20-22H2,1,3H3/t24?,25?,26?,30-,35-,36?/m0/s1. The van der Waals surface area contributed by atoms with E-state index in [9.17, 15) is 10.1 Å². The molecule has 0 aromatic heterocycles. The van der Waals surface area contributed by atoms with Gasteiger partial charge < -0.3 is 19.7 Å². The van der Waals surface area contributed by atoms with Gasteiger partial charge in [-0.3, -0.25) is 4.79 Å². The number of terminal acetylenes is 1. The van der Waals surface area contributed by atoms with E-state index in [2.05, 4.69) is 48.5 Å². The predicted molar refractivity (Wildman–Crippen MR) is 164 cm³/mol. The van der Waals surface area contributed by atoms with Gasteiger partial charge in [0.25, 0.3) is 5.91 Å². The molecule has 2 aromatic rings. The van der Waals surface area contributed by atoms with E-state index in [1.54, 1.807) is 7.11 Å². The predicted octanol–water partition coefficient (Wildman–Crippen LogP) is 6.63. The molecule has 1 aliphatic heterocycles. The molecule has 6 heteroatoms. The molecule has 0 radical (unpaired) electrons. The van der Waals surface area contributed by atoms with Crippen LogP contribution in [0.5, 0.6) is 5.75 Å². The minimum atomic E-state index is -0.368. The Bertz CT molecular complexity index is 1370. The number of benzene rings is 2. The summed E-state index contributed by atoms with van der Waals surface area (Å²) in [5.74, 6) is 5.36. The third kappa shape index (κ3) is 5.50. The van der Waals surface area contributed by atoms with Crippen molar-refractivity contribution in [2.45, 2.75) is 88.8 Å². The number of nitrogens with zero attached hydrogens (tertiary/aromatic N) is 2. The first kappa shape index (κ1) is 28.6. The van der Waals surface area contributed by atoms with Crippen molar-refractivity contribution >= 4 is 11.6 Å². The number of carbonyl (C=O) groups excluding carboxylic acids is 1. The van der Waals surface area contributed by atoms with Gasteiger partial charge in [0.2, 0.25) is 0 Å². The molecule has 6 nitrogen and oxygen atoms in total. The molecule has 42 heavy (non-hydrogen) atoms. The lowest BCUT2D eigenvalue weighted by Gasteiger charge is -2.57. The summed E-state index contributed by atoms with van der Waals surface area (Å²) >= 11 is 0. The molecule has 4 fully saturated rings. The second kappa shape index (κ2) is 12.0. The molecule has 1 amide bonds. The molecular weight excluding hydrogens is 522 g/mol. The molecule has 4 bridgehead atoms. The Morgan fingerprint density at radius 2 is 1.83 bits per heavy atom. The SMILES string of the molecule is C#CC(=O)N1[C@@H](CCCC)Cc2cc(OCCOC)ccc2[C@@H]1c1ccc(NC23CC4CC(CC(C4)C2)C3)c(C#N)c1. The van der Waals surface area contributed by atoms with Gasteiger partial charge in [-0.15, -0.1) is 6.42 Å². The van der Waals surface area contributed by atoms with E-state index in [0.717, 1.165) is 71.6 Å². The van der Waals surface area contributed by atoms with Crippen molar-refractivity contribution in [3.05, 3.63) is 58.7 Å². The van der Waals surface area contributed by atoms with E-state index in [1.807, 2.05) is 17.0 Å². The molecule has 4 saturated carbocycles. The van der Waals surface area contributed by atoms with Crippen LogP contribution in [0.25, 0.3) is 0 Å². The second-order valence-electron chi connectivity index (χ2n) is 13.2. The quantitative estimate of drug-likeness (QED) is 0.259. The van der Waals surface area contributed by atoms with Crippen molar-refractivity contribution < 1.29 is 14.3 Å². The molecule has 0 unspecified atom stereocenters. The highest BCUT2D eigenvalue weighted by Crippen LogP contribution is 2.57. The molecule has 1 N–H and O–H groups in total. The number of rotatable bonds is 10. The van der Waals surface area contributed by atoms with E-state index in [1.165, 1.54) is 38.5 Å². The number of unbranched alkanes of at least 4 members (excludes halogenated alkanes) is 1. The molecule has 0 saturated heterocycles. The minimum absolute atomic E-state index is 0.0319. The fraction of sp³-hybridized carbons (Fsp3) is 0.556. The van der Waals surface area contributed by atoms with Crippen molar-refractivity contribution in [3.63, 3.8) is 0 Å². The number of hydrogen-bond acceptors (Lipinski definition) is 5. The number of carbonyl (C=O) groups is 1. The van der Waals surface area contributed by atoms with E-state index in [0.29, 0.717) is 18.8 Å². The Morgan fingerprint density at radius 3 is 2.48 bits per heavy atom. The number of nitrogens with one attached hydrogen (secondary N) is 1. The summed E-state index contributed by atoms with van der Waals surface area (Å²) in [7, 11) is 1.66. The fourth-order valence-electron chi connectivity index (χ4n) is 8.93. The van der Waals surface area contributed by atoms with E-state index >= 15 is 0 Å². The number of amides is 1. The first-order valence-electron chi connectivity index (χ1n) is 15.8. The highest BCUT2D eigenvalue weighted by molar-refractivity contribution is 5.94. The highest BCUT2D eigenvalue weighted by atomic mass is 16.5. The Hall–Kier alpha value is -3.48. The summed E-state index contributed by atoms with van der Waals surface area (Å²) in [6.45, 7) is 3.16. The minimum Gasteiger partial charge on any atom is -0.491 e. The van der Waals surface area contributed by atoms with Crippen LogP contribution in [-0.4, -0.2) is 42.7 Å². The number of ether oxygens (including phenoxy) is 2. The maximum atomic E-state index is 13.4. The highest BCUT2D eigenvalue weighted by Gasteiger charge is 2.51. The molecule has 2 aromatic carbocycles. The van der Waals surface area contributed by atoms with E-state index in [-0.39, 0.29) is 23.5 Å². The lowest BCUT2D eigenvalue weighted by atomic mass is 9.53. The van der Waals surface area contributed by atoms with Crippen LogP contribution in [0.2, 0.25) is 0 Å². The smallest absolute Gasteiger partial charge is 0.299 e. The zero-order valence-corrected chi connectivity index (χ0v) is 25.0. The number of methoxy groups -OCH3 is 1. The first-order chi connectivity index (χ1) is 20.5. The van der Waals surface area contributed by atoms with Crippen LogP contribution in [0.4, 0.5) is 5.69 Å². The maximum Gasteiger partial charge on any atom is 0.299 e. The first-order valence-corrected chi connectivity index (χ1v) is 15.8. The van der Waals surface area contributed by atoms with E-state index in [4.69, 9.17) is 15.9 Å². The third-order valence-corrected chi connectivity index (χ3v) is 10.3. The van der Waals surface area contributed by atoms with Crippen molar-refractivity contribution in [1.29, 1.82) is 5.26 Å². The normalized spacial score (nSPS) is 29.0. The number of nitriles is 1. The molecule has 4 aliphatic carbocycles. The van der Waals surface area contributed by atoms with Crippen molar-refractivity contribution in [3.8, 4) is 24.2 Å². The van der Waals surface area contributed by atoms with Gasteiger partial charge in [0.1, 0.15) is 18.4 Å². The van der Waals surface area contributed by atoms with Crippen LogP contribution in [0, 0.1) is 41.4 Å². The van der Waals surface area contributed by atoms with Crippen LogP contribution >= 0.6 is 0 Å². The van der Waals surface area contributed by atoms with Gasteiger partial charge in [-0.2, -0.15) is 5.26 Å². The van der Waals surface area contributed by atoms with Gasteiger partial charge in [0.05, 0.1) is 23.9 Å². The number of anilines is 1. The van der Waals surface area contributed by atoms with Crippen LogP contribution in [-0.2, 0) is 16.0 Å². The molecular formula is C36H43N3O3. The Kier molecular flexibility index (Phi) is 8.19. The summed E-state index contributed by atoms with van der Waals surface area (Å²) in [5, 5.41) is 14.3. The Labute approximate surface area is 250 Å². The lowest BCUT2D eigenvalue weighted by Crippen LogP contribution is -2.54. The Morgan fingerprint density at radius 1 is 1.10 bits per heavy atom. The summed E-state index contributed by atoms with van der Waals surface area (Å²) in [6, 6.07) is 14.4. The van der Waals surface area contributed by atoms with Crippen molar-refractivity contribution in [2.75, 3.05) is 25.6 Å². The summed E-state index contributed by atoms with van der Waals surface area (Å²) in [5.41, 5.74) is 4.77. The van der Waals surface area contributed by atoms with Crippen molar-refractivity contribution in [2.24, 2.45) is 17.8 Å². The largest absolute Gasteiger partial charge is 0.491 e. The van der Waals surface area contributed by atoms with Crippen LogP contribution in [0.15, 0.2) is 36.4 Å². The van der Waals surface area contributed by atoms with E-state index < -0.39 is 0 Å². The number of fused-ring (bicyclic) bond motifs is 1. The average Bonchev–Trinajstić information content (AvgIpc) is 2.98. The van der Waals surface area contributed by atoms with Crippen LogP contribution in [0.3, 0.4) is 0 Å². The second-order valence-corrected chi connectivity index (χ2v) is 13.2. The summed E-state index contributed by atoms with van der Waals surface area (Å²) in [6.07, 6.45) is 17.1. The van der Waals surface area contributed by atoms with Gasteiger partial charge in [-0.1, -0.05) is 31.9 Å². The summed E-state index contributed by atoms with van der Waals surface area (Å²) < 4.78 is 11.1. The molecule has 7 rings (SSSR count). The zero-order chi connectivity index (χ0) is 29.3. The number of hydrogen-bond donors (Lipinski definition) is 1. The topological polar surface area (TPSA) is 74.6 Å². The average molecular weight is 566 g/mol. The van der Waals surface area contributed by atoms with Gasteiger partial charge in [0, 0.05) is 18.7 Å². The van der Waals surface area contributed by atoms with Gasteiger partial charge in [0.15, 0.2) is 0 Å².